The molecule has 6 N–H and O–H groups in total. The van der Waals surface area contributed by atoms with Crippen LogP contribution in [0.5, 0.6) is 0 Å². The Bertz CT molecular complexity index is 376. The van der Waals surface area contributed by atoms with Crippen LogP contribution in [0.15, 0.2) is 0 Å². The molecule has 10 atom stereocenters. The molecule has 23 heavy (non-hydrogen) atoms. The third-order valence-corrected chi connectivity index (χ3v) is 5.21. The van der Waals surface area contributed by atoms with E-state index >= 15 is 0 Å². The molecule has 2 heterocycles. The molecule has 0 aliphatic carbocycles. The van der Waals surface area contributed by atoms with Crippen LogP contribution >= 0.6 is 0 Å². The second kappa shape index (κ2) is 7.71. The number of hydrogen-bond acceptors (Lipinski definition) is 8. The molecule has 0 aromatic carbocycles. The van der Waals surface area contributed by atoms with E-state index in [0.717, 1.165) is 0 Å². The summed E-state index contributed by atoms with van der Waals surface area (Å²) < 4.78 is 11.1. The molecule has 8 nitrogen and oxygen atoms in total. The Kier molecular flexibility index (Phi) is 6.37. The molecule has 0 aromatic rings. The quantitative estimate of drug-likeness (QED) is 0.334. The molecule has 2 aliphatic heterocycles. The maximum atomic E-state index is 10.3. The molecule has 2 fully saturated rings. The topological polar surface area (TPSA) is 140 Å². The summed E-state index contributed by atoms with van der Waals surface area (Å²) in [6.45, 7) is 2.63. The minimum atomic E-state index is -1.18. The fraction of sp³-hybridized carbons (Fsp3) is 1.00. The van der Waals surface area contributed by atoms with Crippen LogP contribution in [0.25, 0.3) is 0 Å². The van der Waals surface area contributed by atoms with E-state index in [1.54, 1.807) is 13.8 Å². The minimum Gasteiger partial charge on any atom is -0.394 e. The van der Waals surface area contributed by atoms with Crippen LogP contribution in [0.2, 0.25) is 0 Å². The van der Waals surface area contributed by atoms with Gasteiger partial charge in [-0.2, -0.15) is 0 Å². The molecule has 0 saturated carbocycles. The molecule has 2 aliphatic rings. The van der Waals surface area contributed by atoms with Crippen molar-refractivity contribution in [2.24, 2.45) is 11.8 Å². The maximum absolute atomic E-state index is 10.3. The Labute approximate surface area is 135 Å². The van der Waals surface area contributed by atoms with Crippen molar-refractivity contribution >= 4 is 0 Å². The van der Waals surface area contributed by atoms with Gasteiger partial charge in [-0.25, -0.2) is 0 Å². The van der Waals surface area contributed by atoms with Crippen LogP contribution in [0.1, 0.15) is 20.3 Å². The number of ether oxygens (including phenoxy) is 2. The van der Waals surface area contributed by atoms with Crippen molar-refractivity contribution in [2.75, 3.05) is 13.2 Å². The third-order valence-electron chi connectivity index (χ3n) is 5.21. The van der Waals surface area contributed by atoms with Gasteiger partial charge in [-0.1, -0.05) is 6.92 Å². The van der Waals surface area contributed by atoms with Gasteiger partial charge in [0.1, 0.15) is 12.2 Å². The van der Waals surface area contributed by atoms with Gasteiger partial charge in [-0.05, 0) is 13.3 Å². The lowest BCUT2D eigenvalue weighted by atomic mass is 9.79. The van der Waals surface area contributed by atoms with E-state index < -0.39 is 60.7 Å². The van der Waals surface area contributed by atoms with E-state index in [2.05, 4.69) is 0 Å². The summed E-state index contributed by atoms with van der Waals surface area (Å²) >= 11 is 0. The van der Waals surface area contributed by atoms with Gasteiger partial charge < -0.3 is 40.1 Å². The van der Waals surface area contributed by atoms with E-state index in [1.165, 1.54) is 0 Å². The molecule has 0 spiro atoms. The second-order valence-corrected chi connectivity index (χ2v) is 6.68. The van der Waals surface area contributed by atoms with E-state index in [0.29, 0.717) is 0 Å². The van der Waals surface area contributed by atoms with Gasteiger partial charge in [0.25, 0.3) is 0 Å². The van der Waals surface area contributed by atoms with E-state index in [4.69, 9.17) is 9.47 Å². The van der Waals surface area contributed by atoms with Gasteiger partial charge in [0, 0.05) is 11.8 Å². The molecular formula is C15H28O8. The Morgan fingerprint density at radius 3 is 1.87 bits per heavy atom. The number of aliphatic hydroxyl groups excluding tert-OH is 6. The lowest BCUT2D eigenvalue weighted by Crippen LogP contribution is -2.59. The fourth-order valence-corrected chi connectivity index (χ4v) is 3.53. The summed E-state index contributed by atoms with van der Waals surface area (Å²) in [6.07, 6.45) is -7.21. The maximum Gasteiger partial charge on any atom is 0.106 e. The second-order valence-electron chi connectivity index (χ2n) is 6.68. The molecule has 136 valence electrons. The molecule has 2 rings (SSSR count). The first-order chi connectivity index (χ1) is 10.8. The largest absolute Gasteiger partial charge is 0.394 e. The lowest BCUT2D eigenvalue weighted by Gasteiger charge is -2.46. The average Bonchev–Trinajstić information content (AvgIpc) is 2.55. The Morgan fingerprint density at radius 1 is 0.696 bits per heavy atom. The third kappa shape index (κ3) is 3.69. The van der Waals surface area contributed by atoms with Gasteiger partial charge in [-0.3, -0.25) is 0 Å². The summed E-state index contributed by atoms with van der Waals surface area (Å²) in [5, 5.41) is 59.4. The molecule has 0 aromatic heterocycles. The molecule has 0 bridgehead atoms. The van der Waals surface area contributed by atoms with Gasteiger partial charge in [-0.15, -0.1) is 0 Å². The zero-order chi connectivity index (χ0) is 17.3. The normalized spacial score (nSPS) is 51.7. The first-order valence-corrected chi connectivity index (χ1v) is 8.06. The highest BCUT2D eigenvalue weighted by Crippen LogP contribution is 2.34. The summed E-state index contributed by atoms with van der Waals surface area (Å²) in [5.41, 5.74) is 0. The molecule has 10 unspecified atom stereocenters. The molecule has 0 radical (unpaired) electrons. The fourth-order valence-electron chi connectivity index (χ4n) is 3.53. The van der Waals surface area contributed by atoms with Gasteiger partial charge in [0.15, 0.2) is 0 Å². The Balaban J connectivity index is 2.11. The van der Waals surface area contributed by atoms with Crippen LogP contribution < -0.4 is 0 Å². The predicted molar refractivity (Wildman–Crippen MR) is 78.5 cm³/mol. The van der Waals surface area contributed by atoms with Gasteiger partial charge >= 0.3 is 0 Å². The van der Waals surface area contributed by atoms with Crippen molar-refractivity contribution in [3.8, 4) is 0 Å². The van der Waals surface area contributed by atoms with Crippen LogP contribution in [0, 0.1) is 11.8 Å². The van der Waals surface area contributed by atoms with Crippen LogP contribution in [0.4, 0.5) is 0 Å². The van der Waals surface area contributed by atoms with E-state index in [9.17, 15) is 30.6 Å². The zero-order valence-corrected chi connectivity index (χ0v) is 13.4. The van der Waals surface area contributed by atoms with Crippen LogP contribution in [-0.4, -0.2) is 92.7 Å². The smallest absolute Gasteiger partial charge is 0.106 e. The molecule has 0 amide bonds. The van der Waals surface area contributed by atoms with Crippen molar-refractivity contribution in [1.29, 1.82) is 0 Å². The van der Waals surface area contributed by atoms with Crippen molar-refractivity contribution < 1.29 is 40.1 Å². The molecule has 2 saturated heterocycles. The van der Waals surface area contributed by atoms with Crippen molar-refractivity contribution in [2.45, 2.75) is 69.1 Å². The monoisotopic (exact) mass is 336 g/mol. The highest BCUT2D eigenvalue weighted by atomic mass is 16.5. The standard InChI is InChI=1S/C15H28O8/c1-6-10(4-16)23-9(15(21)12(6)18)3-8-11(5-17)22-7(2)13(19)14(8)20/h6-21H,3-5H2,1-2H3. The van der Waals surface area contributed by atoms with Gasteiger partial charge in [0.2, 0.25) is 0 Å². The number of rotatable bonds is 4. The molecule has 8 heteroatoms. The summed E-state index contributed by atoms with van der Waals surface area (Å²) in [5.74, 6) is -1.09. The highest BCUT2D eigenvalue weighted by molar-refractivity contribution is 4.96. The summed E-state index contributed by atoms with van der Waals surface area (Å²) in [4.78, 5) is 0. The highest BCUT2D eigenvalue weighted by Gasteiger charge is 2.47. The van der Waals surface area contributed by atoms with E-state index in [-0.39, 0.29) is 19.6 Å². The Morgan fingerprint density at radius 2 is 1.30 bits per heavy atom. The molecular weight excluding hydrogens is 308 g/mol. The van der Waals surface area contributed by atoms with Crippen molar-refractivity contribution in [1.82, 2.24) is 0 Å². The predicted octanol–water partition coefficient (Wildman–Crippen LogP) is -2.39. The average molecular weight is 336 g/mol. The van der Waals surface area contributed by atoms with Crippen LogP contribution in [-0.2, 0) is 9.47 Å². The first kappa shape index (κ1) is 19.0. The SMILES string of the molecule is CC1OC(CO)C(CC2OC(CO)C(C)C(O)C2O)C(O)C1O. The van der Waals surface area contributed by atoms with Crippen molar-refractivity contribution in [3.63, 3.8) is 0 Å². The summed E-state index contributed by atoms with van der Waals surface area (Å²) in [7, 11) is 0. The van der Waals surface area contributed by atoms with Gasteiger partial charge in [0.05, 0.1) is 49.8 Å². The number of hydrogen-bond donors (Lipinski definition) is 6. The zero-order valence-electron chi connectivity index (χ0n) is 13.4. The minimum absolute atomic E-state index is 0.0810. The van der Waals surface area contributed by atoms with Crippen LogP contribution in [0.3, 0.4) is 0 Å². The van der Waals surface area contributed by atoms with Crippen molar-refractivity contribution in [3.05, 3.63) is 0 Å². The lowest BCUT2D eigenvalue weighted by molar-refractivity contribution is -0.237. The first-order valence-electron chi connectivity index (χ1n) is 8.06. The van der Waals surface area contributed by atoms with E-state index in [1.807, 2.05) is 0 Å². The summed E-state index contributed by atoms with van der Waals surface area (Å²) in [6, 6.07) is 0. The Hall–Kier alpha value is -0.320. The number of aliphatic hydroxyl groups is 6.